The van der Waals surface area contributed by atoms with E-state index in [1.54, 1.807) is 19.4 Å². The fourth-order valence-corrected chi connectivity index (χ4v) is 6.02. The minimum absolute atomic E-state index is 0.553. The van der Waals surface area contributed by atoms with Gasteiger partial charge in [0.05, 0.1) is 5.69 Å². The van der Waals surface area contributed by atoms with E-state index in [2.05, 4.69) is 22.2 Å². The van der Waals surface area contributed by atoms with Crippen molar-refractivity contribution >= 4 is 44.4 Å². The second-order valence-electron chi connectivity index (χ2n) is 6.85. The quantitative estimate of drug-likeness (QED) is 0.397. The van der Waals surface area contributed by atoms with Gasteiger partial charge in [0.25, 0.3) is 0 Å². The highest BCUT2D eigenvalue weighted by Crippen LogP contribution is 2.43. The summed E-state index contributed by atoms with van der Waals surface area (Å²) in [5.41, 5.74) is 10.7. The van der Waals surface area contributed by atoms with E-state index in [1.807, 2.05) is 36.4 Å². The fourth-order valence-electron chi connectivity index (χ4n) is 3.22. The summed E-state index contributed by atoms with van der Waals surface area (Å²) in [5.74, 6) is 1.16. The Kier molecular flexibility index (Phi) is 6.17. The van der Waals surface area contributed by atoms with Crippen molar-refractivity contribution in [2.45, 2.75) is 24.0 Å². The number of rotatable bonds is 7. The maximum atomic E-state index is 12.9. The van der Waals surface area contributed by atoms with Gasteiger partial charge in [0.15, 0.2) is 0 Å². The number of aromatic nitrogens is 3. The van der Waals surface area contributed by atoms with Gasteiger partial charge in [-0.05, 0) is 34.8 Å². The molecule has 0 aliphatic heterocycles. The van der Waals surface area contributed by atoms with Gasteiger partial charge in [-0.15, -0.1) is 0 Å². The van der Waals surface area contributed by atoms with E-state index in [0.717, 1.165) is 45.4 Å². The van der Waals surface area contributed by atoms with Crippen LogP contribution >= 0.6 is 11.3 Å². The molecule has 0 amide bonds. The van der Waals surface area contributed by atoms with Crippen molar-refractivity contribution in [1.82, 2.24) is 15.0 Å². The maximum absolute atomic E-state index is 12.9. The first-order valence-corrected chi connectivity index (χ1v) is 11.9. The average Bonchev–Trinajstić information content (AvgIpc) is 3.14. The van der Waals surface area contributed by atoms with E-state index < -0.39 is 11.2 Å². The molecular formula is C22H23N5OS2. The summed E-state index contributed by atoms with van der Waals surface area (Å²) in [6.07, 6.45) is 5.40. The zero-order valence-corrected chi connectivity index (χ0v) is 18.5. The molecule has 1 aromatic carbocycles. The zero-order chi connectivity index (χ0) is 21.1. The van der Waals surface area contributed by atoms with E-state index in [-0.39, 0.29) is 0 Å². The van der Waals surface area contributed by atoms with Gasteiger partial charge in [-0.2, -0.15) is 0 Å². The Balaban J connectivity index is 1.91. The standard InChI is InChI=1S/C22H23N5OS2/c1-3-4-10-30(28)21-19(23)18-16(14-8-6-5-7-9-14)11-17(27-20(18)29-21)15-12-25-22(24-2)26-13-15/h5-9,11-13H,3-4,10,23H2,1-2H3,(H,24,25,26). The van der Waals surface area contributed by atoms with Crippen LogP contribution in [0.3, 0.4) is 0 Å². The van der Waals surface area contributed by atoms with Gasteiger partial charge >= 0.3 is 0 Å². The Bertz CT molecular complexity index is 1150. The predicted octanol–water partition coefficient (Wildman–Crippen LogP) is 4.95. The molecule has 3 heterocycles. The van der Waals surface area contributed by atoms with E-state index in [4.69, 9.17) is 10.7 Å². The number of nitrogen functional groups attached to an aromatic ring is 1. The van der Waals surface area contributed by atoms with E-state index in [9.17, 15) is 4.55 Å². The largest absolute Gasteiger partial charge is 0.611 e. The summed E-state index contributed by atoms with van der Waals surface area (Å²) < 4.78 is 13.6. The first kappa shape index (κ1) is 20.6. The predicted molar refractivity (Wildman–Crippen MR) is 126 cm³/mol. The lowest BCUT2D eigenvalue weighted by Gasteiger charge is -2.09. The van der Waals surface area contributed by atoms with Gasteiger partial charge in [-0.1, -0.05) is 55.0 Å². The first-order valence-electron chi connectivity index (χ1n) is 9.79. The summed E-state index contributed by atoms with van der Waals surface area (Å²) in [6.45, 7) is 2.09. The molecule has 4 aromatic rings. The number of hydrogen-bond acceptors (Lipinski definition) is 7. The van der Waals surface area contributed by atoms with Crippen molar-refractivity contribution in [2.75, 3.05) is 23.9 Å². The topological polar surface area (TPSA) is 99.8 Å². The molecule has 0 saturated heterocycles. The van der Waals surface area contributed by atoms with Crippen LogP contribution in [0.5, 0.6) is 0 Å². The number of anilines is 2. The van der Waals surface area contributed by atoms with Crippen molar-refractivity contribution in [3.63, 3.8) is 0 Å². The minimum Gasteiger partial charge on any atom is -0.611 e. The lowest BCUT2D eigenvalue weighted by molar-refractivity contribution is 0.594. The second-order valence-corrected chi connectivity index (χ2v) is 9.62. The summed E-state index contributed by atoms with van der Waals surface area (Å²) in [5, 5.41) is 3.79. The fraction of sp³-hybridized carbons (Fsp3) is 0.227. The number of nitrogens with zero attached hydrogens (tertiary/aromatic N) is 3. The van der Waals surface area contributed by atoms with Gasteiger partial charge in [-0.3, -0.25) is 0 Å². The molecule has 1 unspecified atom stereocenters. The van der Waals surface area contributed by atoms with Crippen LogP contribution in [0.4, 0.5) is 11.6 Å². The van der Waals surface area contributed by atoms with Crippen molar-refractivity contribution in [3.05, 3.63) is 48.8 Å². The number of unbranched alkanes of at least 4 members (excludes halogenated alkanes) is 1. The molecule has 4 rings (SSSR count). The van der Waals surface area contributed by atoms with Gasteiger partial charge in [0.1, 0.15) is 16.3 Å². The summed E-state index contributed by atoms with van der Waals surface area (Å²) in [4.78, 5) is 14.2. The minimum atomic E-state index is -1.13. The molecule has 3 N–H and O–H groups in total. The molecule has 6 nitrogen and oxygen atoms in total. The molecule has 0 bridgehead atoms. The highest BCUT2D eigenvalue weighted by molar-refractivity contribution is 7.93. The number of thiophene rings is 1. The molecule has 0 saturated carbocycles. The SMILES string of the molecule is CCCC[S+]([O-])c1sc2nc(-c3cnc(NC)nc3)cc(-c3ccccc3)c2c1N. The Morgan fingerprint density at radius 3 is 2.53 bits per heavy atom. The van der Waals surface area contributed by atoms with Crippen LogP contribution in [-0.4, -0.2) is 32.3 Å². The van der Waals surface area contributed by atoms with Gasteiger partial charge in [0.2, 0.25) is 10.2 Å². The van der Waals surface area contributed by atoms with Crippen LogP contribution in [0.25, 0.3) is 32.6 Å². The number of benzene rings is 1. The van der Waals surface area contributed by atoms with Gasteiger partial charge in [-0.25, -0.2) is 15.0 Å². The second kappa shape index (κ2) is 8.99. The van der Waals surface area contributed by atoms with E-state index in [0.29, 0.717) is 21.6 Å². The molecule has 0 aliphatic rings. The Morgan fingerprint density at radius 2 is 1.87 bits per heavy atom. The smallest absolute Gasteiger partial charge is 0.232 e. The van der Waals surface area contributed by atoms with Crippen LogP contribution < -0.4 is 11.1 Å². The molecule has 0 spiro atoms. The van der Waals surface area contributed by atoms with Gasteiger partial charge in [0, 0.05) is 30.4 Å². The Labute approximate surface area is 182 Å². The Morgan fingerprint density at radius 1 is 1.13 bits per heavy atom. The molecular weight excluding hydrogens is 414 g/mol. The molecule has 8 heteroatoms. The number of nitrogens with one attached hydrogen (secondary N) is 1. The first-order chi connectivity index (χ1) is 14.6. The number of nitrogens with two attached hydrogens (primary N) is 1. The summed E-state index contributed by atoms with van der Waals surface area (Å²) >= 11 is 0.291. The van der Waals surface area contributed by atoms with Crippen LogP contribution in [0.15, 0.2) is 53.0 Å². The third kappa shape index (κ3) is 3.98. The van der Waals surface area contributed by atoms with Crippen molar-refractivity contribution in [2.24, 2.45) is 0 Å². The maximum Gasteiger partial charge on any atom is 0.232 e. The molecule has 30 heavy (non-hydrogen) atoms. The molecule has 0 radical (unpaired) electrons. The number of hydrogen-bond donors (Lipinski definition) is 2. The molecule has 0 fully saturated rings. The third-order valence-corrected chi connectivity index (χ3v) is 7.81. The summed E-state index contributed by atoms with van der Waals surface area (Å²) in [6, 6.07) is 12.1. The normalized spacial score (nSPS) is 12.2. The lowest BCUT2D eigenvalue weighted by atomic mass is 10.0. The average molecular weight is 438 g/mol. The van der Waals surface area contributed by atoms with Crippen LogP contribution in [0.2, 0.25) is 0 Å². The van der Waals surface area contributed by atoms with E-state index >= 15 is 0 Å². The lowest BCUT2D eigenvalue weighted by Crippen LogP contribution is -2.06. The number of fused-ring (bicyclic) bond motifs is 1. The third-order valence-electron chi connectivity index (χ3n) is 4.81. The highest BCUT2D eigenvalue weighted by Gasteiger charge is 2.24. The van der Waals surface area contributed by atoms with Crippen molar-refractivity contribution in [3.8, 4) is 22.4 Å². The van der Waals surface area contributed by atoms with Gasteiger partial charge < -0.3 is 15.6 Å². The molecule has 154 valence electrons. The monoisotopic (exact) mass is 437 g/mol. The van der Waals surface area contributed by atoms with Crippen LogP contribution in [-0.2, 0) is 11.2 Å². The van der Waals surface area contributed by atoms with Crippen molar-refractivity contribution < 1.29 is 4.55 Å². The zero-order valence-electron chi connectivity index (χ0n) is 16.9. The van der Waals surface area contributed by atoms with Crippen LogP contribution in [0, 0.1) is 0 Å². The Hall–Kier alpha value is -2.68. The number of pyridine rings is 1. The van der Waals surface area contributed by atoms with E-state index in [1.165, 1.54) is 11.3 Å². The van der Waals surface area contributed by atoms with Crippen molar-refractivity contribution in [1.29, 1.82) is 0 Å². The summed E-state index contributed by atoms with van der Waals surface area (Å²) in [7, 11) is 1.78. The molecule has 1 atom stereocenters. The highest BCUT2D eigenvalue weighted by atomic mass is 32.2. The molecule has 3 aromatic heterocycles. The molecule has 0 aliphatic carbocycles. The van der Waals surface area contributed by atoms with Crippen LogP contribution in [0.1, 0.15) is 19.8 Å².